The SMILES string of the molecule is C/C(=N/NC(=O)COc1ccccc1[N+](=O)[O-])c1cccc(NC(=O)c2cccc(F)c2)c1. The Labute approximate surface area is 188 Å². The van der Waals surface area contributed by atoms with E-state index in [-0.39, 0.29) is 17.0 Å². The Hall–Kier alpha value is -4.60. The lowest BCUT2D eigenvalue weighted by Gasteiger charge is -2.08. The fraction of sp³-hybridized carbons (Fsp3) is 0.0870. The Morgan fingerprint density at radius 2 is 1.76 bits per heavy atom. The summed E-state index contributed by atoms with van der Waals surface area (Å²) in [6.07, 6.45) is 0. The molecule has 0 spiro atoms. The lowest BCUT2D eigenvalue weighted by molar-refractivity contribution is -0.385. The van der Waals surface area contributed by atoms with E-state index < -0.39 is 29.2 Å². The highest BCUT2D eigenvalue weighted by atomic mass is 19.1. The van der Waals surface area contributed by atoms with Crippen LogP contribution in [0.25, 0.3) is 0 Å². The molecule has 0 saturated carbocycles. The maximum Gasteiger partial charge on any atom is 0.310 e. The number of ether oxygens (including phenoxy) is 1. The number of amides is 2. The molecule has 0 aliphatic heterocycles. The third-order valence-electron chi connectivity index (χ3n) is 4.39. The van der Waals surface area contributed by atoms with Gasteiger partial charge in [0.15, 0.2) is 12.4 Å². The molecule has 0 aliphatic carbocycles. The number of nitrogens with one attached hydrogen (secondary N) is 2. The topological polar surface area (TPSA) is 123 Å². The summed E-state index contributed by atoms with van der Waals surface area (Å²) in [4.78, 5) is 34.7. The molecule has 3 aromatic carbocycles. The molecule has 0 aliphatic rings. The number of hydrogen-bond acceptors (Lipinski definition) is 6. The summed E-state index contributed by atoms with van der Waals surface area (Å²) in [5.41, 5.74) is 3.77. The van der Waals surface area contributed by atoms with Gasteiger partial charge in [0.1, 0.15) is 5.82 Å². The van der Waals surface area contributed by atoms with Crippen molar-refractivity contribution in [2.45, 2.75) is 6.92 Å². The van der Waals surface area contributed by atoms with E-state index in [1.807, 2.05) is 0 Å². The van der Waals surface area contributed by atoms with Crippen LogP contribution in [-0.4, -0.2) is 29.1 Å². The van der Waals surface area contributed by atoms with E-state index in [1.165, 1.54) is 36.4 Å². The predicted molar refractivity (Wildman–Crippen MR) is 120 cm³/mol. The van der Waals surface area contributed by atoms with Gasteiger partial charge in [-0.1, -0.05) is 30.3 Å². The van der Waals surface area contributed by atoms with E-state index in [1.54, 1.807) is 37.3 Å². The number of rotatable bonds is 8. The zero-order valence-corrected chi connectivity index (χ0v) is 17.4. The number of carbonyl (C=O) groups excluding carboxylic acids is 2. The minimum Gasteiger partial charge on any atom is -0.477 e. The monoisotopic (exact) mass is 450 g/mol. The average Bonchev–Trinajstić information content (AvgIpc) is 2.81. The Balaban J connectivity index is 1.60. The van der Waals surface area contributed by atoms with Crippen LogP contribution in [0, 0.1) is 15.9 Å². The second kappa shape index (κ2) is 10.6. The van der Waals surface area contributed by atoms with E-state index in [4.69, 9.17) is 4.74 Å². The summed E-state index contributed by atoms with van der Waals surface area (Å²) in [5, 5.41) is 17.7. The van der Waals surface area contributed by atoms with Crippen LogP contribution in [0.5, 0.6) is 5.75 Å². The van der Waals surface area contributed by atoms with Gasteiger partial charge in [-0.15, -0.1) is 0 Å². The normalized spacial score (nSPS) is 10.9. The van der Waals surface area contributed by atoms with Crippen LogP contribution in [0.1, 0.15) is 22.8 Å². The highest BCUT2D eigenvalue weighted by Crippen LogP contribution is 2.25. The molecule has 0 fully saturated rings. The zero-order chi connectivity index (χ0) is 23.8. The maximum atomic E-state index is 13.3. The fourth-order valence-corrected chi connectivity index (χ4v) is 2.77. The van der Waals surface area contributed by atoms with E-state index in [9.17, 15) is 24.1 Å². The summed E-state index contributed by atoms with van der Waals surface area (Å²) in [7, 11) is 0. The summed E-state index contributed by atoms with van der Waals surface area (Å²) in [6.45, 7) is 1.18. The molecule has 9 nitrogen and oxygen atoms in total. The molecule has 2 N–H and O–H groups in total. The quantitative estimate of drug-likeness (QED) is 0.306. The second-order valence-electron chi connectivity index (χ2n) is 6.79. The van der Waals surface area contributed by atoms with Gasteiger partial charge in [0.2, 0.25) is 0 Å². The molecule has 0 atom stereocenters. The molecular weight excluding hydrogens is 431 g/mol. The molecule has 0 bridgehead atoms. The first kappa shape index (κ1) is 23.1. The molecule has 2 amide bonds. The Kier molecular flexibility index (Phi) is 7.43. The third-order valence-corrected chi connectivity index (χ3v) is 4.39. The average molecular weight is 450 g/mol. The highest BCUT2D eigenvalue weighted by Gasteiger charge is 2.15. The molecule has 0 saturated heterocycles. The summed E-state index contributed by atoms with van der Waals surface area (Å²) >= 11 is 0. The van der Waals surface area contributed by atoms with Crippen LogP contribution in [-0.2, 0) is 4.79 Å². The van der Waals surface area contributed by atoms with Gasteiger partial charge in [0, 0.05) is 17.3 Å². The van der Waals surface area contributed by atoms with E-state index in [0.29, 0.717) is 17.0 Å². The number of hydrogen-bond donors (Lipinski definition) is 2. The lowest BCUT2D eigenvalue weighted by atomic mass is 10.1. The van der Waals surface area contributed by atoms with Crippen molar-refractivity contribution >= 4 is 28.9 Å². The van der Waals surface area contributed by atoms with Gasteiger partial charge < -0.3 is 10.1 Å². The van der Waals surface area contributed by atoms with Crippen molar-refractivity contribution in [2.75, 3.05) is 11.9 Å². The van der Waals surface area contributed by atoms with Crippen molar-refractivity contribution in [3.8, 4) is 5.75 Å². The summed E-state index contributed by atoms with van der Waals surface area (Å²) in [5.74, 6) is -1.62. The van der Waals surface area contributed by atoms with Gasteiger partial charge in [-0.2, -0.15) is 5.10 Å². The Morgan fingerprint density at radius 3 is 2.52 bits per heavy atom. The number of benzene rings is 3. The van der Waals surface area contributed by atoms with E-state index in [2.05, 4.69) is 15.8 Å². The van der Waals surface area contributed by atoms with Crippen LogP contribution in [0.15, 0.2) is 77.9 Å². The van der Waals surface area contributed by atoms with E-state index in [0.717, 1.165) is 6.07 Å². The largest absolute Gasteiger partial charge is 0.477 e. The van der Waals surface area contributed by atoms with Crippen molar-refractivity contribution in [2.24, 2.45) is 5.10 Å². The number of nitro benzene ring substituents is 1. The first-order valence-electron chi connectivity index (χ1n) is 9.70. The fourth-order valence-electron chi connectivity index (χ4n) is 2.77. The van der Waals surface area contributed by atoms with Crippen molar-refractivity contribution in [1.82, 2.24) is 5.43 Å². The predicted octanol–water partition coefficient (Wildman–Crippen LogP) is 3.91. The molecule has 0 aromatic heterocycles. The molecule has 10 heteroatoms. The van der Waals surface area contributed by atoms with Crippen LogP contribution in [0.2, 0.25) is 0 Å². The number of nitrogens with zero attached hydrogens (tertiary/aromatic N) is 2. The molecule has 33 heavy (non-hydrogen) atoms. The molecule has 0 heterocycles. The summed E-state index contributed by atoms with van der Waals surface area (Å²) in [6, 6.07) is 17.8. The number of para-hydroxylation sites is 2. The second-order valence-corrected chi connectivity index (χ2v) is 6.79. The number of nitro groups is 1. The van der Waals surface area contributed by atoms with Crippen molar-refractivity contribution < 1.29 is 23.6 Å². The van der Waals surface area contributed by atoms with E-state index >= 15 is 0 Å². The van der Waals surface area contributed by atoms with Gasteiger partial charge in [0.25, 0.3) is 11.8 Å². The molecular formula is C23H19FN4O5. The molecule has 3 aromatic rings. The molecule has 0 unspecified atom stereocenters. The molecule has 3 rings (SSSR count). The molecule has 0 radical (unpaired) electrons. The van der Waals surface area contributed by atoms with Crippen LogP contribution < -0.4 is 15.5 Å². The van der Waals surface area contributed by atoms with Crippen LogP contribution in [0.3, 0.4) is 0 Å². The van der Waals surface area contributed by atoms with Crippen LogP contribution >= 0.6 is 0 Å². The Morgan fingerprint density at radius 1 is 1.03 bits per heavy atom. The first-order valence-corrected chi connectivity index (χ1v) is 9.70. The Bertz CT molecular complexity index is 1230. The standard InChI is InChI=1S/C23H19FN4O5/c1-15(26-27-22(29)14-33-21-11-3-2-10-20(21)28(31)32)16-6-5-9-19(13-16)25-23(30)17-7-4-8-18(24)12-17/h2-13H,14H2,1H3,(H,25,30)(H,27,29)/b26-15-. The highest BCUT2D eigenvalue weighted by molar-refractivity contribution is 6.05. The maximum absolute atomic E-state index is 13.3. The minimum atomic E-state index is -0.608. The van der Waals surface area contributed by atoms with Crippen molar-refractivity contribution in [3.63, 3.8) is 0 Å². The van der Waals surface area contributed by atoms with Gasteiger partial charge >= 0.3 is 5.69 Å². The zero-order valence-electron chi connectivity index (χ0n) is 17.4. The molecule has 168 valence electrons. The van der Waals surface area contributed by atoms with Gasteiger partial charge in [-0.25, -0.2) is 9.82 Å². The smallest absolute Gasteiger partial charge is 0.310 e. The van der Waals surface area contributed by atoms with Crippen LogP contribution in [0.4, 0.5) is 15.8 Å². The minimum absolute atomic E-state index is 0.0277. The number of hydrazone groups is 1. The third kappa shape index (κ3) is 6.44. The first-order chi connectivity index (χ1) is 15.8. The van der Waals surface area contributed by atoms with Gasteiger partial charge in [-0.3, -0.25) is 19.7 Å². The number of anilines is 1. The van der Waals surface area contributed by atoms with Gasteiger partial charge in [0.05, 0.1) is 10.6 Å². The summed E-state index contributed by atoms with van der Waals surface area (Å²) < 4.78 is 18.5. The van der Waals surface area contributed by atoms with Gasteiger partial charge in [-0.05, 0) is 48.9 Å². The number of halogens is 1. The van der Waals surface area contributed by atoms with Crippen molar-refractivity contribution in [1.29, 1.82) is 0 Å². The number of carbonyl (C=O) groups is 2. The van der Waals surface area contributed by atoms with Crippen molar-refractivity contribution in [3.05, 3.63) is 99.9 Å². The lowest BCUT2D eigenvalue weighted by Crippen LogP contribution is -2.25.